The van der Waals surface area contributed by atoms with Crippen molar-refractivity contribution in [2.24, 2.45) is 0 Å². The monoisotopic (exact) mass is 638 g/mol. The number of rotatable bonds is 5. The van der Waals surface area contributed by atoms with Gasteiger partial charge in [-0.2, -0.15) is 0 Å². The fraction of sp³-hybridized carbons (Fsp3) is 0. The minimum Gasteiger partial charge on any atom is -0.399 e. The second-order valence-corrected chi connectivity index (χ2v) is 12.9. The topological polar surface area (TPSA) is 52.0 Å². The van der Waals surface area contributed by atoms with Gasteiger partial charge >= 0.3 is 0 Å². The zero-order chi connectivity index (χ0) is 33.6. The molecule has 0 aromatic heterocycles. The van der Waals surface area contributed by atoms with Crippen LogP contribution in [-0.2, 0) is 0 Å². The van der Waals surface area contributed by atoms with Crippen LogP contribution in [0.15, 0.2) is 182 Å². The molecule has 0 fully saturated rings. The lowest BCUT2D eigenvalue weighted by Gasteiger charge is -2.25. The summed E-state index contributed by atoms with van der Waals surface area (Å²) in [6, 6.07) is 64.7. The van der Waals surface area contributed by atoms with E-state index < -0.39 is 0 Å². The Morgan fingerprint density at radius 3 is 1.42 bits per heavy atom. The normalized spacial score (nSPS) is 11.4. The van der Waals surface area contributed by atoms with Gasteiger partial charge in [-0.05, 0) is 90.0 Å². The third kappa shape index (κ3) is 4.81. The first kappa shape index (κ1) is 29.5. The van der Waals surface area contributed by atoms with Gasteiger partial charge in [-0.15, -0.1) is 0 Å². The Bertz CT molecular complexity index is 2680. The van der Waals surface area contributed by atoms with E-state index in [0.717, 1.165) is 88.2 Å². The highest BCUT2D eigenvalue weighted by atomic mass is 14.6. The first-order chi connectivity index (χ1) is 24.7. The Morgan fingerprint density at radius 2 is 0.800 bits per heavy atom. The van der Waals surface area contributed by atoms with Crippen LogP contribution in [0.2, 0.25) is 0 Å². The smallest absolute Gasteiger partial charge is 0.0474 e. The first-order valence-corrected chi connectivity index (χ1v) is 17.0. The molecule has 9 rings (SSSR count). The third-order valence-electron chi connectivity index (χ3n) is 9.94. The highest BCUT2D eigenvalue weighted by molar-refractivity contribution is 6.28. The number of anilines is 2. The minimum absolute atomic E-state index is 0.741. The van der Waals surface area contributed by atoms with E-state index in [1.807, 2.05) is 6.07 Å². The quantitative estimate of drug-likeness (QED) is 0.146. The number of nitrogens with two attached hydrogens (primary N) is 2. The molecule has 0 spiro atoms. The molecule has 2 nitrogen and oxygen atoms in total. The van der Waals surface area contributed by atoms with Gasteiger partial charge in [0.15, 0.2) is 0 Å². The Hall–Kier alpha value is -6.64. The molecule has 0 unspecified atom stereocenters. The molecule has 9 aromatic carbocycles. The minimum atomic E-state index is 0.741. The molecule has 0 bridgehead atoms. The summed E-state index contributed by atoms with van der Waals surface area (Å²) in [6.07, 6.45) is 0. The average molecular weight is 639 g/mol. The summed E-state index contributed by atoms with van der Waals surface area (Å²) in [5.74, 6) is 0. The summed E-state index contributed by atoms with van der Waals surface area (Å²) >= 11 is 0. The Balaban J connectivity index is 1.60. The van der Waals surface area contributed by atoms with E-state index in [-0.39, 0.29) is 0 Å². The van der Waals surface area contributed by atoms with E-state index in [2.05, 4.69) is 176 Å². The van der Waals surface area contributed by atoms with Crippen molar-refractivity contribution in [3.8, 4) is 55.6 Å². The summed E-state index contributed by atoms with van der Waals surface area (Å²) in [7, 11) is 0. The lowest BCUT2D eigenvalue weighted by molar-refractivity contribution is 1.59. The maximum absolute atomic E-state index is 7.23. The van der Waals surface area contributed by atoms with Crippen LogP contribution in [0, 0.1) is 0 Å². The predicted octanol–water partition coefficient (Wildman–Crippen LogP) is 12.6. The molecule has 0 amide bonds. The molecule has 0 heterocycles. The van der Waals surface area contributed by atoms with Gasteiger partial charge in [0.2, 0.25) is 0 Å². The van der Waals surface area contributed by atoms with Gasteiger partial charge in [0.05, 0.1) is 0 Å². The lowest BCUT2D eigenvalue weighted by atomic mass is 9.78. The largest absolute Gasteiger partial charge is 0.399 e. The lowest BCUT2D eigenvalue weighted by Crippen LogP contribution is -2.00. The number of hydrogen-bond acceptors (Lipinski definition) is 2. The van der Waals surface area contributed by atoms with Crippen LogP contribution < -0.4 is 11.5 Å². The number of benzene rings is 9. The maximum atomic E-state index is 7.23. The summed E-state index contributed by atoms with van der Waals surface area (Å²) in [6.45, 7) is 0. The Labute approximate surface area is 291 Å². The van der Waals surface area contributed by atoms with E-state index in [4.69, 9.17) is 11.5 Å². The fourth-order valence-corrected chi connectivity index (χ4v) is 7.76. The zero-order valence-corrected chi connectivity index (χ0v) is 27.5. The van der Waals surface area contributed by atoms with E-state index in [1.54, 1.807) is 0 Å². The van der Waals surface area contributed by atoms with Crippen LogP contribution in [0.1, 0.15) is 0 Å². The zero-order valence-electron chi connectivity index (χ0n) is 27.5. The molecular formula is C48H34N2. The van der Waals surface area contributed by atoms with Crippen molar-refractivity contribution in [2.45, 2.75) is 0 Å². The Kier molecular flexibility index (Phi) is 7.14. The van der Waals surface area contributed by atoms with Gasteiger partial charge in [0.25, 0.3) is 0 Å². The molecule has 0 radical (unpaired) electrons. The number of hydrogen-bond donors (Lipinski definition) is 2. The molecule has 9 aromatic rings. The molecule has 2 heteroatoms. The van der Waals surface area contributed by atoms with Gasteiger partial charge in [-0.1, -0.05) is 164 Å². The van der Waals surface area contributed by atoms with E-state index in [1.165, 1.54) is 11.1 Å². The predicted molar refractivity (Wildman–Crippen MR) is 215 cm³/mol. The van der Waals surface area contributed by atoms with Crippen LogP contribution in [0.3, 0.4) is 0 Å². The molecular weight excluding hydrogens is 605 g/mol. The fourth-order valence-electron chi connectivity index (χ4n) is 7.76. The summed E-state index contributed by atoms with van der Waals surface area (Å²) in [4.78, 5) is 0. The molecule has 236 valence electrons. The van der Waals surface area contributed by atoms with Gasteiger partial charge in [-0.25, -0.2) is 0 Å². The highest BCUT2D eigenvalue weighted by Crippen LogP contribution is 2.53. The summed E-state index contributed by atoms with van der Waals surface area (Å²) in [5, 5.41) is 6.57. The van der Waals surface area contributed by atoms with Crippen LogP contribution >= 0.6 is 0 Å². The van der Waals surface area contributed by atoms with Crippen molar-refractivity contribution in [2.75, 3.05) is 11.5 Å². The highest BCUT2D eigenvalue weighted by Gasteiger charge is 2.26. The number of fused-ring (bicyclic) bond motifs is 3. The number of nitrogen functional groups attached to an aromatic ring is 2. The van der Waals surface area contributed by atoms with E-state index in [0.29, 0.717) is 0 Å². The van der Waals surface area contributed by atoms with Gasteiger partial charge in [0.1, 0.15) is 0 Å². The van der Waals surface area contributed by atoms with Crippen molar-refractivity contribution in [1.82, 2.24) is 0 Å². The van der Waals surface area contributed by atoms with E-state index in [9.17, 15) is 0 Å². The van der Waals surface area contributed by atoms with Crippen molar-refractivity contribution in [1.29, 1.82) is 0 Å². The van der Waals surface area contributed by atoms with Crippen LogP contribution in [0.5, 0.6) is 0 Å². The average Bonchev–Trinajstić information content (AvgIpc) is 3.18. The van der Waals surface area contributed by atoms with Crippen molar-refractivity contribution >= 4 is 43.7 Å². The van der Waals surface area contributed by atoms with E-state index >= 15 is 0 Å². The second-order valence-electron chi connectivity index (χ2n) is 12.9. The van der Waals surface area contributed by atoms with Crippen molar-refractivity contribution in [3.05, 3.63) is 182 Å². The van der Waals surface area contributed by atoms with Crippen LogP contribution in [0.25, 0.3) is 88.0 Å². The van der Waals surface area contributed by atoms with Crippen LogP contribution in [-0.4, -0.2) is 0 Å². The molecule has 50 heavy (non-hydrogen) atoms. The maximum Gasteiger partial charge on any atom is 0.0474 e. The van der Waals surface area contributed by atoms with Gasteiger partial charge in [0, 0.05) is 27.5 Å². The van der Waals surface area contributed by atoms with Crippen molar-refractivity contribution < 1.29 is 0 Å². The SMILES string of the molecule is Nc1ccc2c(-c3ccccc3)c(-c3c4ccccc4c(N)c4ccc(-c5ccccc5)c(-c5ccccc5)c34)c(-c3ccccc3)cc2c1. The van der Waals surface area contributed by atoms with Gasteiger partial charge in [-0.3, -0.25) is 0 Å². The molecule has 0 atom stereocenters. The standard InChI is InChI=1S/C48H34N2/c49-36-25-26-38-35(29-36)30-42(32-17-7-2-8-18-32)47(44(38)34-21-11-4-12-22-34)45-39-23-13-14-24-40(39)48(50)41-28-27-37(31-15-5-1-6-16-31)43(46(41)45)33-19-9-3-10-20-33/h1-30H,49-50H2. The molecule has 0 saturated heterocycles. The molecule has 0 aliphatic rings. The third-order valence-corrected chi connectivity index (χ3v) is 9.94. The Morgan fingerprint density at radius 1 is 0.300 bits per heavy atom. The second kappa shape index (κ2) is 12.1. The molecule has 0 saturated carbocycles. The van der Waals surface area contributed by atoms with Crippen LogP contribution in [0.4, 0.5) is 11.4 Å². The molecule has 4 N–H and O–H groups in total. The molecule has 0 aliphatic carbocycles. The summed E-state index contributed by atoms with van der Waals surface area (Å²) in [5.41, 5.74) is 26.8. The van der Waals surface area contributed by atoms with Gasteiger partial charge < -0.3 is 11.5 Å². The van der Waals surface area contributed by atoms with Crippen molar-refractivity contribution in [3.63, 3.8) is 0 Å². The molecule has 0 aliphatic heterocycles. The summed E-state index contributed by atoms with van der Waals surface area (Å²) < 4.78 is 0. The first-order valence-electron chi connectivity index (χ1n) is 17.0.